The molecule has 0 radical (unpaired) electrons. The van der Waals surface area contributed by atoms with Crippen molar-refractivity contribution in [3.05, 3.63) is 97.2 Å². The molecule has 2 aliphatic rings. The van der Waals surface area contributed by atoms with Crippen molar-refractivity contribution < 1.29 is 169 Å². The van der Waals surface area contributed by atoms with Gasteiger partial charge in [-0.15, -0.1) is 0 Å². The van der Waals surface area contributed by atoms with Crippen molar-refractivity contribution in [2.75, 3.05) is 119 Å². The van der Waals surface area contributed by atoms with Crippen LogP contribution < -0.4 is 0 Å². The molecule has 584 valence electrons. The maximum absolute atomic E-state index is 12.5. The number of aliphatic hydroxyl groups is 8. The monoisotopic (exact) mass is 1480 g/mol. The molecule has 0 aromatic carbocycles. The van der Waals surface area contributed by atoms with Crippen molar-refractivity contribution in [3.63, 3.8) is 0 Å². The van der Waals surface area contributed by atoms with E-state index in [0.717, 1.165) is 48.6 Å². The molecule has 2 rings (SSSR count). The number of allylic oxidation sites excluding steroid dienone is 8. The third kappa shape index (κ3) is 40.1. The summed E-state index contributed by atoms with van der Waals surface area (Å²) in [4.78, 5) is 99.2. The van der Waals surface area contributed by atoms with Crippen molar-refractivity contribution in [1.29, 1.82) is 0 Å². The van der Waals surface area contributed by atoms with Crippen molar-refractivity contribution >= 4 is 47.8 Å². The Bertz CT molecular complexity index is 2710. The Labute approximate surface area is 596 Å². The topological polar surface area (TPSA) is 474 Å². The molecule has 35 nitrogen and oxygen atoms in total. The van der Waals surface area contributed by atoms with E-state index >= 15 is 0 Å². The highest BCUT2D eigenvalue weighted by Crippen LogP contribution is 2.36. The van der Waals surface area contributed by atoms with Gasteiger partial charge in [-0.3, -0.25) is 0 Å². The lowest BCUT2D eigenvalue weighted by Gasteiger charge is -2.50. The second-order valence-electron chi connectivity index (χ2n) is 22.4. The van der Waals surface area contributed by atoms with Crippen molar-refractivity contribution in [2.24, 2.45) is 0 Å². The average molecular weight is 1480 g/mol. The SMILES string of the molecule is CC=CC(=O)OCC(O)COC[C@H]1O[C@@H](O[C@H]2[C@H](OCC(O)COC(=O)C=CC)[C@@H](OCC(O)COC(=O)C=CC)C(OCC(O)COC(=O)C=CC)O[C@@H]2COCC(O)COC(=O)C=CC)[C@H](OCC(O)COC(=O)C=CC)[C@@H](OCC(O)COC(=O)C=CC)[C@H]1OCC(O)COC(=O)C=CC. The molecule has 2 fully saturated rings. The van der Waals surface area contributed by atoms with Gasteiger partial charge in [-0.25, -0.2) is 38.4 Å². The molecule has 35 heteroatoms. The highest BCUT2D eigenvalue weighted by atomic mass is 16.8. The van der Waals surface area contributed by atoms with Gasteiger partial charge in [-0.1, -0.05) is 48.6 Å². The molecule has 0 bridgehead atoms. The lowest BCUT2D eigenvalue weighted by Crippen LogP contribution is -2.67. The summed E-state index contributed by atoms with van der Waals surface area (Å²) in [5.41, 5.74) is 0. The molecule has 9 unspecified atom stereocenters. The molecule has 0 aromatic heterocycles. The first-order chi connectivity index (χ1) is 49.3. The van der Waals surface area contributed by atoms with Crippen LogP contribution in [-0.2, 0) is 128 Å². The number of hydrogen-bond donors (Lipinski definition) is 8. The number of carbonyl (C=O) groups excluding carboxylic acids is 8. The van der Waals surface area contributed by atoms with E-state index < -0.39 is 277 Å². The lowest BCUT2D eigenvalue weighted by molar-refractivity contribution is -0.378. The van der Waals surface area contributed by atoms with Crippen LogP contribution in [0.4, 0.5) is 0 Å². The van der Waals surface area contributed by atoms with E-state index in [9.17, 15) is 79.2 Å². The highest BCUT2D eigenvalue weighted by Gasteiger charge is 2.55. The molecule has 0 aliphatic carbocycles. The Hall–Kier alpha value is -7.08. The van der Waals surface area contributed by atoms with Crippen LogP contribution in [0, 0.1) is 0 Å². The molecule has 0 aromatic rings. The molecular formula is C68H102O35. The number of aliphatic hydroxyl groups excluding tert-OH is 8. The Morgan fingerprint density at radius 2 is 0.466 bits per heavy atom. The fourth-order valence-corrected chi connectivity index (χ4v) is 8.76. The molecule has 2 saturated heterocycles. The third-order valence-electron chi connectivity index (χ3n) is 13.3. The smallest absolute Gasteiger partial charge is 0.330 e. The van der Waals surface area contributed by atoms with E-state index in [1.165, 1.54) is 76.3 Å². The van der Waals surface area contributed by atoms with Gasteiger partial charge in [-0.2, -0.15) is 0 Å². The number of rotatable bonds is 52. The van der Waals surface area contributed by atoms with Crippen LogP contribution in [0.2, 0.25) is 0 Å². The molecule has 0 saturated carbocycles. The summed E-state index contributed by atoms with van der Waals surface area (Å²) >= 11 is 0. The second kappa shape index (κ2) is 54.5. The number of hydrogen-bond acceptors (Lipinski definition) is 35. The Morgan fingerprint density at radius 1 is 0.262 bits per heavy atom. The predicted molar refractivity (Wildman–Crippen MR) is 353 cm³/mol. The normalized spacial score (nSPS) is 23.4. The van der Waals surface area contributed by atoms with E-state index in [0.29, 0.717) is 0 Å². The summed E-state index contributed by atoms with van der Waals surface area (Å²) in [6, 6.07) is 0. The molecule has 18 atom stereocenters. The summed E-state index contributed by atoms with van der Waals surface area (Å²) in [6.45, 7) is -0.239. The fraction of sp³-hybridized carbons (Fsp3) is 0.647. The predicted octanol–water partition coefficient (Wildman–Crippen LogP) is -1.36. The number of esters is 8. The van der Waals surface area contributed by atoms with E-state index in [4.69, 9.17) is 90.0 Å². The minimum absolute atomic E-state index is 0.587. The average Bonchev–Trinajstić information content (AvgIpc) is 0.771. The maximum Gasteiger partial charge on any atom is 0.330 e. The molecule has 0 amide bonds. The van der Waals surface area contributed by atoms with E-state index in [2.05, 4.69) is 0 Å². The van der Waals surface area contributed by atoms with Gasteiger partial charge in [-0.05, 0) is 55.4 Å². The van der Waals surface area contributed by atoms with E-state index in [1.807, 2.05) is 0 Å². The third-order valence-corrected chi connectivity index (χ3v) is 13.3. The van der Waals surface area contributed by atoms with Crippen molar-refractivity contribution in [1.82, 2.24) is 0 Å². The highest BCUT2D eigenvalue weighted by molar-refractivity contribution is 5.84. The van der Waals surface area contributed by atoms with Gasteiger partial charge in [0.25, 0.3) is 0 Å². The summed E-state index contributed by atoms with van der Waals surface area (Å²) in [6.07, 6.45) is -11.4. The van der Waals surface area contributed by atoms with Gasteiger partial charge in [0.2, 0.25) is 0 Å². The zero-order valence-electron chi connectivity index (χ0n) is 59.0. The molecule has 0 spiro atoms. The first-order valence-electron chi connectivity index (χ1n) is 33.0. The van der Waals surface area contributed by atoms with Crippen LogP contribution in [0.1, 0.15) is 55.4 Å². The van der Waals surface area contributed by atoms with Gasteiger partial charge in [0.05, 0.1) is 66.1 Å². The Kier molecular flexibility index (Phi) is 48.7. The van der Waals surface area contributed by atoms with Crippen molar-refractivity contribution in [3.8, 4) is 0 Å². The van der Waals surface area contributed by atoms with Crippen LogP contribution in [0.25, 0.3) is 0 Å². The Balaban J connectivity index is 3.25. The van der Waals surface area contributed by atoms with E-state index in [1.54, 1.807) is 27.7 Å². The quantitative estimate of drug-likeness (QED) is 0.0198. The number of ether oxygens (including phenoxy) is 19. The summed E-state index contributed by atoms with van der Waals surface area (Å²) in [7, 11) is 0. The second-order valence-corrected chi connectivity index (χ2v) is 22.4. The summed E-state index contributed by atoms with van der Waals surface area (Å²) < 4.78 is 112. The maximum atomic E-state index is 12.5. The fourth-order valence-electron chi connectivity index (χ4n) is 8.76. The van der Waals surface area contributed by atoms with Crippen LogP contribution in [0.5, 0.6) is 0 Å². The lowest BCUT2D eigenvalue weighted by atomic mass is 9.95. The molecule has 2 heterocycles. The Morgan fingerprint density at radius 3 is 0.738 bits per heavy atom. The molecular weight excluding hydrogens is 1380 g/mol. The van der Waals surface area contributed by atoms with Gasteiger partial charge in [0.15, 0.2) is 12.6 Å². The van der Waals surface area contributed by atoms with Gasteiger partial charge >= 0.3 is 47.8 Å². The first kappa shape index (κ1) is 92.0. The zero-order chi connectivity index (χ0) is 76.5. The molecule has 103 heavy (non-hydrogen) atoms. The van der Waals surface area contributed by atoms with Crippen molar-refractivity contribution in [2.45, 2.75) is 166 Å². The van der Waals surface area contributed by atoms with Crippen LogP contribution in [0.15, 0.2) is 97.2 Å². The zero-order valence-corrected chi connectivity index (χ0v) is 59.0. The molecule has 8 N–H and O–H groups in total. The van der Waals surface area contributed by atoms with Crippen LogP contribution >= 0.6 is 0 Å². The largest absolute Gasteiger partial charge is 0.460 e. The number of carbonyl (C=O) groups is 8. The minimum atomic E-state index is -2.06. The minimum Gasteiger partial charge on any atom is -0.460 e. The summed E-state index contributed by atoms with van der Waals surface area (Å²) in [5.74, 6) is -6.75. The van der Waals surface area contributed by atoms with Gasteiger partial charge in [0.1, 0.15) is 151 Å². The molecule has 2 aliphatic heterocycles. The summed E-state index contributed by atoms with van der Waals surface area (Å²) in [5, 5.41) is 90.1. The first-order valence-corrected chi connectivity index (χ1v) is 33.0. The van der Waals surface area contributed by atoms with Gasteiger partial charge < -0.3 is 131 Å². The van der Waals surface area contributed by atoms with Crippen LogP contribution in [0.3, 0.4) is 0 Å². The van der Waals surface area contributed by atoms with Crippen LogP contribution in [-0.4, -0.2) is 318 Å². The van der Waals surface area contributed by atoms with E-state index in [-0.39, 0.29) is 0 Å². The standard InChI is InChI=1S/C68H102O35/c1-9-17-53(77)87-27-43(69)25-85-41-51-61(95-35-45(71)29-89-55(79)19-11-3)63(96-36-46(72)30-90-56(80)20-12-4)66(99-39-49(75)33-93-59(83)23-15-7)68(102-51)103-62-52(42-86-26-44(70)28-88-54(78)18-10-2)101-67(100-40-50(76)34-94-60(84)24-16-8)65(98-38-48(74)32-92-58(82)22-14-6)64(62)97-37-47(73)31-91-57(81)21-13-5/h9-24,43-52,61-76H,25-42H2,1-8H3/t43?,44?,45?,46?,47?,48?,49?,50?,51-,52-,61+,62-,63+,64+,65-,66-,67?,68+/m1/s1. The van der Waals surface area contributed by atoms with Gasteiger partial charge in [0, 0.05) is 48.6 Å².